The number of hydrogen-bond donors (Lipinski definition) is 4. The zero-order chi connectivity index (χ0) is 11.6. The van der Waals surface area contributed by atoms with E-state index in [4.69, 9.17) is 15.5 Å². The average Bonchev–Trinajstić information content (AvgIpc) is 2.14. The van der Waals surface area contributed by atoms with Crippen molar-refractivity contribution in [2.24, 2.45) is 0 Å². The summed E-state index contributed by atoms with van der Waals surface area (Å²) in [6, 6.07) is 0. The summed E-state index contributed by atoms with van der Waals surface area (Å²) in [7, 11) is -4.02. The zero-order valence-electron chi connectivity index (χ0n) is 7.77. The molecular weight excluding hydrogens is 223 g/mol. The Hall–Kier alpha value is -1.01. The third-order valence-electron chi connectivity index (χ3n) is 1.93. The maximum absolute atomic E-state index is 10.9. The first-order valence-corrected chi connectivity index (χ1v) is 5.95. The van der Waals surface area contributed by atoms with Gasteiger partial charge < -0.3 is 20.8 Å². The molecule has 0 bridgehead atoms. The summed E-state index contributed by atoms with van der Waals surface area (Å²) in [5.41, 5.74) is 4.04. The van der Waals surface area contributed by atoms with Crippen LogP contribution in [-0.4, -0.2) is 22.5 Å². The van der Waals surface area contributed by atoms with Gasteiger partial charge in [0.15, 0.2) is 0 Å². The molecule has 0 radical (unpaired) electrons. The fraction of sp³-hybridized carbons (Fsp3) is 0.429. The second kappa shape index (κ2) is 4.24. The highest BCUT2D eigenvalue weighted by Gasteiger charge is 2.17. The summed E-state index contributed by atoms with van der Waals surface area (Å²) in [4.78, 5) is 38.6. The molecule has 0 saturated heterocycles. The van der Waals surface area contributed by atoms with Gasteiger partial charge in [-0.05, 0) is 0 Å². The van der Waals surface area contributed by atoms with E-state index in [0.29, 0.717) is 0 Å². The van der Waals surface area contributed by atoms with Crippen LogP contribution in [0.4, 0.5) is 5.69 Å². The van der Waals surface area contributed by atoms with Crippen molar-refractivity contribution in [2.75, 3.05) is 18.4 Å². The first kappa shape index (κ1) is 12.1. The van der Waals surface area contributed by atoms with E-state index >= 15 is 0 Å². The number of anilines is 1. The van der Waals surface area contributed by atoms with E-state index in [1.165, 1.54) is 0 Å². The highest BCUT2D eigenvalue weighted by atomic mass is 31.2. The van der Waals surface area contributed by atoms with Crippen LogP contribution in [0.3, 0.4) is 0 Å². The van der Waals surface area contributed by atoms with E-state index in [0.717, 1.165) is 0 Å². The van der Waals surface area contributed by atoms with E-state index in [9.17, 15) is 14.2 Å². The third kappa shape index (κ3) is 2.97. The molecule has 0 aliphatic rings. The molecule has 0 fully saturated rings. The van der Waals surface area contributed by atoms with Crippen molar-refractivity contribution in [2.45, 2.75) is 6.54 Å². The molecule has 0 aliphatic heterocycles. The minimum Gasteiger partial charge on any atom is -0.395 e. The third-order valence-corrected chi connectivity index (χ3v) is 2.74. The van der Waals surface area contributed by atoms with E-state index in [1.807, 2.05) is 0 Å². The van der Waals surface area contributed by atoms with Gasteiger partial charge in [-0.2, -0.15) is 0 Å². The van der Waals surface area contributed by atoms with E-state index in [2.05, 4.69) is 5.32 Å². The SMILES string of the molecule is Nc1c(CNCCP(=O)(O)O)c(=O)c1=O. The van der Waals surface area contributed by atoms with Crippen molar-refractivity contribution in [3.63, 3.8) is 0 Å². The zero-order valence-corrected chi connectivity index (χ0v) is 8.66. The number of nitrogens with two attached hydrogens (primary N) is 1. The molecule has 0 spiro atoms. The van der Waals surface area contributed by atoms with Gasteiger partial charge in [-0.25, -0.2) is 0 Å². The van der Waals surface area contributed by atoms with Crippen molar-refractivity contribution in [1.82, 2.24) is 5.32 Å². The number of rotatable bonds is 5. The van der Waals surface area contributed by atoms with Crippen LogP contribution < -0.4 is 21.9 Å². The number of nitrogen functional groups attached to an aromatic ring is 1. The Bertz CT molecular complexity index is 470. The average molecular weight is 234 g/mol. The molecule has 0 heterocycles. The minimum absolute atomic E-state index is 0.0581. The lowest BCUT2D eigenvalue weighted by Crippen LogP contribution is -2.40. The van der Waals surface area contributed by atoms with Crippen LogP contribution in [-0.2, 0) is 11.1 Å². The van der Waals surface area contributed by atoms with Crippen LogP contribution in [0, 0.1) is 0 Å². The molecule has 0 atom stereocenters. The van der Waals surface area contributed by atoms with Gasteiger partial charge in [0.05, 0.1) is 11.8 Å². The lowest BCUT2D eigenvalue weighted by Gasteiger charge is -2.08. The Morgan fingerprint density at radius 3 is 2.33 bits per heavy atom. The van der Waals surface area contributed by atoms with Gasteiger partial charge in [-0.15, -0.1) is 0 Å². The predicted molar refractivity (Wildman–Crippen MR) is 54.4 cm³/mol. The summed E-state index contributed by atoms with van der Waals surface area (Å²) in [6.45, 7) is 0.124. The predicted octanol–water partition coefficient (Wildman–Crippen LogP) is -1.87. The quantitative estimate of drug-likeness (QED) is 0.267. The molecule has 0 aromatic heterocycles. The Balaban J connectivity index is 2.38. The Morgan fingerprint density at radius 2 is 1.87 bits per heavy atom. The standard InChI is InChI=1S/C7H11N2O5P/c8-5-4(6(10)7(5)11)3-9-1-2-15(12,13)14/h9H,1-3,8H2,(H2,12,13,14). The van der Waals surface area contributed by atoms with Crippen LogP contribution in [0.2, 0.25) is 0 Å². The molecule has 1 aromatic rings. The largest absolute Gasteiger partial charge is 0.395 e. The van der Waals surface area contributed by atoms with Gasteiger partial charge in [0.25, 0.3) is 0 Å². The van der Waals surface area contributed by atoms with Crippen molar-refractivity contribution in [3.05, 3.63) is 26.0 Å². The molecule has 5 N–H and O–H groups in total. The summed E-state index contributed by atoms with van der Waals surface area (Å²) in [5.74, 6) is 0. The fourth-order valence-corrected chi connectivity index (χ4v) is 1.52. The smallest absolute Gasteiger partial charge is 0.326 e. The van der Waals surface area contributed by atoms with Crippen LogP contribution >= 0.6 is 7.60 Å². The first-order chi connectivity index (χ1) is 6.83. The molecule has 15 heavy (non-hydrogen) atoms. The van der Waals surface area contributed by atoms with Crippen LogP contribution in [0.1, 0.15) is 5.56 Å². The van der Waals surface area contributed by atoms with Crippen molar-refractivity contribution < 1.29 is 14.4 Å². The molecule has 0 aliphatic carbocycles. The van der Waals surface area contributed by atoms with Gasteiger partial charge in [-0.1, -0.05) is 0 Å². The number of nitrogens with one attached hydrogen (secondary N) is 1. The van der Waals surface area contributed by atoms with Crippen LogP contribution in [0.25, 0.3) is 0 Å². The molecule has 7 nitrogen and oxygen atoms in total. The monoisotopic (exact) mass is 234 g/mol. The summed E-state index contributed by atoms with van der Waals surface area (Å²) >= 11 is 0. The summed E-state index contributed by atoms with van der Waals surface area (Å²) < 4.78 is 10.4. The molecule has 8 heteroatoms. The normalized spacial score (nSPS) is 12.1. The molecule has 1 aromatic carbocycles. The lowest BCUT2D eigenvalue weighted by atomic mass is 10.1. The molecule has 0 saturated carbocycles. The van der Waals surface area contributed by atoms with Crippen LogP contribution in [0.15, 0.2) is 9.59 Å². The van der Waals surface area contributed by atoms with Gasteiger partial charge in [0, 0.05) is 18.7 Å². The lowest BCUT2D eigenvalue weighted by molar-refractivity contribution is 0.372. The maximum Gasteiger partial charge on any atom is 0.326 e. The second-order valence-corrected chi connectivity index (χ2v) is 4.89. The molecule has 1 rings (SSSR count). The van der Waals surface area contributed by atoms with E-state index < -0.39 is 18.5 Å². The van der Waals surface area contributed by atoms with Crippen molar-refractivity contribution in [1.29, 1.82) is 0 Å². The first-order valence-electron chi connectivity index (χ1n) is 4.16. The van der Waals surface area contributed by atoms with E-state index in [1.54, 1.807) is 0 Å². The highest BCUT2D eigenvalue weighted by Crippen LogP contribution is 2.32. The van der Waals surface area contributed by atoms with Gasteiger partial charge in [-0.3, -0.25) is 14.2 Å². The highest BCUT2D eigenvalue weighted by molar-refractivity contribution is 7.51. The Labute approximate surface area is 84.8 Å². The fourth-order valence-electron chi connectivity index (χ4n) is 1.07. The second-order valence-electron chi connectivity index (χ2n) is 3.12. The molecule has 0 unspecified atom stereocenters. The van der Waals surface area contributed by atoms with Gasteiger partial charge >= 0.3 is 7.60 Å². The van der Waals surface area contributed by atoms with E-state index in [-0.39, 0.29) is 30.5 Å². The van der Waals surface area contributed by atoms with Crippen molar-refractivity contribution >= 4 is 13.3 Å². The van der Waals surface area contributed by atoms with Gasteiger partial charge in [0.2, 0.25) is 10.9 Å². The Kier molecular flexibility index (Phi) is 3.41. The number of hydrogen-bond acceptors (Lipinski definition) is 5. The van der Waals surface area contributed by atoms with Gasteiger partial charge in [0.1, 0.15) is 0 Å². The summed E-state index contributed by atoms with van der Waals surface area (Å²) in [6.07, 6.45) is -0.317. The van der Waals surface area contributed by atoms with Crippen LogP contribution in [0.5, 0.6) is 0 Å². The minimum atomic E-state index is -4.02. The van der Waals surface area contributed by atoms with Crippen molar-refractivity contribution in [3.8, 4) is 0 Å². The molecule has 0 amide bonds. The topological polar surface area (TPSA) is 130 Å². The summed E-state index contributed by atoms with van der Waals surface area (Å²) in [5, 5.41) is 2.62. The molecule has 84 valence electrons. The Morgan fingerprint density at radius 1 is 1.27 bits per heavy atom. The molecular formula is C7H11N2O5P. The maximum atomic E-state index is 10.9.